The predicted molar refractivity (Wildman–Crippen MR) is 107 cm³/mol. The van der Waals surface area contributed by atoms with Gasteiger partial charge in [0, 0.05) is 5.41 Å². The molecule has 5 rings (SSSR count). The Kier molecular flexibility index (Phi) is 4.00. The molecule has 0 saturated heterocycles. The topological polar surface area (TPSA) is 124 Å². The fourth-order valence-corrected chi connectivity index (χ4v) is 8.13. The summed E-state index contributed by atoms with van der Waals surface area (Å²) >= 11 is 0. The summed E-state index contributed by atoms with van der Waals surface area (Å²) in [5.74, 6) is -0.663. The van der Waals surface area contributed by atoms with Gasteiger partial charge >= 0.3 is 0 Å². The molecule has 0 N–H and O–H groups in total. The molecular weight excluding hydrogens is 426 g/mol. The van der Waals surface area contributed by atoms with Crippen LogP contribution in [-0.2, 0) is 19.7 Å². The zero-order chi connectivity index (χ0) is 21.1. The molecule has 0 amide bonds. The van der Waals surface area contributed by atoms with Crippen molar-refractivity contribution in [1.82, 2.24) is 20.3 Å². The monoisotopic (exact) mass is 443 g/mol. The molecule has 3 unspecified atom stereocenters. The van der Waals surface area contributed by atoms with Crippen LogP contribution in [0.3, 0.4) is 0 Å². The van der Waals surface area contributed by atoms with E-state index >= 15 is 0 Å². The average molecular weight is 444 g/mol. The van der Waals surface area contributed by atoms with Crippen molar-refractivity contribution in [3.05, 3.63) is 66.5 Å². The third-order valence-corrected chi connectivity index (χ3v) is 9.86. The lowest BCUT2D eigenvalue weighted by molar-refractivity contribution is 0.578. The number of fused-ring (bicyclic) bond motifs is 3. The van der Waals surface area contributed by atoms with Crippen LogP contribution in [0.4, 0.5) is 0 Å². The molecule has 2 aliphatic rings. The van der Waals surface area contributed by atoms with E-state index in [1.165, 1.54) is 24.3 Å². The van der Waals surface area contributed by atoms with Crippen LogP contribution >= 0.6 is 0 Å². The van der Waals surface area contributed by atoms with Gasteiger partial charge in [0.25, 0.3) is 0 Å². The van der Waals surface area contributed by atoms with Crippen LogP contribution < -0.4 is 0 Å². The molecule has 3 aromatic rings. The van der Waals surface area contributed by atoms with Gasteiger partial charge in [-0.1, -0.05) is 43.3 Å². The Labute approximate surface area is 173 Å². The molecular formula is C19H17N5O4S2. The lowest BCUT2D eigenvalue weighted by atomic mass is 10.00. The Morgan fingerprint density at radius 2 is 1.53 bits per heavy atom. The third kappa shape index (κ3) is 2.65. The number of nitrogens with zero attached hydrogens (tertiary/aromatic N) is 5. The van der Waals surface area contributed by atoms with Crippen LogP contribution in [0.1, 0.15) is 18.7 Å². The summed E-state index contributed by atoms with van der Waals surface area (Å²) in [7, 11) is -7.50. The Balaban J connectivity index is 1.60. The molecule has 3 atom stereocenters. The van der Waals surface area contributed by atoms with E-state index in [9.17, 15) is 16.8 Å². The number of hydrogen-bond acceptors (Lipinski definition) is 8. The molecule has 30 heavy (non-hydrogen) atoms. The van der Waals surface area contributed by atoms with Crippen molar-refractivity contribution in [2.45, 2.75) is 27.9 Å². The van der Waals surface area contributed by atoms with Gasteiger partial charge in [-0.2, -0.15) is 5.10 Å². The van der Waals surface area contributed by atoms with Gasteiger partial charge < -0.3 is 0 Å². The molecule has 0 radical (unpaired) electrons. The fraction of sp³-hybridized carbons (Fsp3) is 0.263. The number of hydrogen-bond donors (Lipinski definition) is 0. The van der Waals surface area contributed by atoms with E-state index in [2.05, 4.69) is 20.6 Å². The molecule has 1 saturated carbocycles. The van der Waals surface area contributed by atoms with Crippen LogP contribution in [0.25, 0.3) is 0 Å². The highest BCUT2D eigenvalue weighted by Gasteiger charge is 2.74. The standard InChI is InChI=1S/C19H17N5O4S2/c1-19-15(12-29(25,26)13-8-4-2-5-9-13)21-24-18(20-22-23-24)16(19)17(19)30(27,28)14-10-6-3-7-11-14/h2-11,16-17H,12H2,1H3. The smallest absolute Gasteiger partial charge is 0.183 e. The highest BCUT2D eigenvalue weighted by Crippen LogP contribution is 2.65. The maximum Gasteiger partial charge on any atom is 0.183 e. The molecule has 9 nitrogen and oxygen atoms in total. The first-order valence-corrected chi connectivity index (χ1v) is 12.4. The van der Waals surface area contributed by atoms with Crippen LogP contribution in [0.2, 0.25) is 0 Å². The molecule has 1 fully saturated rings. The second kappa shape index (κ2) is 6.29. The largest absolute Gasteiger partial charge is 0.223 e. The predicted octanol–water partition coefficient (Wildman–Crippen LogP) is 1.31. The molecule has 2 heterocycles. The van der Waals surface area contributed by atoms with Crippen LogP contribution in [0, 0.1) is 5.41 Å². The van der Waals surface area contributed by atoms with Crippen LogP contribution in [-0.4, -0.2) is 53.9 Å². The summed E-state index contributed by atoms with van der Waals surface area (Å²) in [5, 5.41) is 14.8. The Bertz CT molecular complexity index is 1370. The van der Waals surface area contributed by atoms with Gasteiger partial charge in [0.15, 0.2) is 25.5 Å². The molecule has 0 spiro atoms. The van der Waals surface area contributed by atoms with Crippen molar-refractivity contribution >= 4 is 25.4 Å². The van der Waals surface area contributed by atoms with Crippen molar-refractivity contribution < 1.29 is 16.8 Å². The highest BCUT2D eigenvalue weighted by atomic mass is 32.2. The van der Waals surface area contributed by atoms with Crippen molar-refractivity contribution in [3.63, 3.8) is 0 Å². The van der Waals surface area contributed by atoms with Gasteiger partial charge in [0.05, 0.1) is 32.4 Å². The molecule has 1 aromatic heterocycles. The van der Waals surface area contributed by atoms with Gasteiger partial charge in [-0.3, -0.25) is 0 Å². The Morgan fingerprint density at radius 3 is 2.17 bits per heavy atom. The first-order chi connectivity index (χ1) is 14.3. The number of aromatic nitrogens is 4. The third-order valence-electron chi connectivity index (χ3n) is 5.86. The van der Waals surface area contributed by atoms with Gasteiger partial charge in [0.2, 0.25) is 0 Å². The summed E-state index contributed by atoms with van der Waals surface area (Å²) < 4.78 is 52.8. The summed E-state index contributed by atoms with van der Waals surface area (Å²) in [6.45, 7) is 1.72. The van der Waals surface area contributed by atoms with E-state index in [1.807, 2.05) is 0 Å². The minimum atomic E-state index is -3.77. The maximum atomic E-state index is 13.4. The number of benzene rings is 2. The molecule has 0 bridgehead atoms. The summed E-state index contributed by atoms with van der Waals surface area (Å²) in [5.41, 5.74) is -0.776. The zero-order valence-corrected chi connectivity index (χ0v) is 17.5. The Hall–Kier alpha value is -2.92. The normalized spacial score (nSPS) is 25.2. The van der Waals surface area contributed by atoms with Gasteiger partial charge in [-0.25, -0.2) is 16.8 Å². The van der Waals surface area contributed by atoms with Crippen LogP contribution in [0.5, 0.6) is 0 Å². The maximum absolute atomic E-state index is 13.4. The van der Waals surface area contributed by atoms with E-state index in [0.717, 1.165) is 4.79 Å². The molecule has 1 aliphatic carbocycles. The molecule has 1 aliphatic heterocycles. The summed E-state index contributed by atoms with van der Waals surface area (Å²) in [6, 6.07) is 16.1. The van der Waals surface area contributed by atoms with Crippen LogP contribution in [0.15, 0.2) is 75.6 Å². The highest BCUT2D eigenvalue weighted by molar-refractivity contribution is 7.93. The van der Waals surface area contributed by atoms with Crippen molar-refractivity contribution in [2.75, 3.05) is 5.75 Å². The van der Waals surface area contributed by atoms with E-state index in [-0.39, 0.29) is 15.5 Å². The second-order valence-electron chi connectivity index (χ2n) is 7.58. The molecule has 11 heteroatoms. The number of sulfone groups is 2. The lowest BCUT2D eigenvalue weighted by Gasteiger charge is -2.19. The lowest BCUT2D eigenvalue weighted by Crippen LogP contribution is -2.31. The first kappa shape index (κ1) is 19.1. The second-order valence-corrected chi connectivity index (χ2v) is 11.6. The van der Waals surface area contributed by atoms with E-state index in [1.54, 1.807) is 43.3 Å². The minimum absolute atomic E-state index is 0.151. The zero-order valence-electron chi connectivity index (χ0n) is 15.8. The number of tetrazole rings is 1. The molecule has 154 valence electrons. The van der Waals surface area contributed by atoms with E-state index in [0.29, 0.717) is 5.82 Å². The van der Waals surface area contributed by atoms with E-state index in [4.69, 9.17) is 0 Å². The molecule has 2 aromatic carbocycles. The van der Waals surface area contributed by atoms with E-state index < -0.39 is 42.0 Å². The summed E-state index contributed by atoms with van der Waals surface area (Å²) in [4.78, 5) is 1.47. The minimum Gasteiger partial charge on any atom is -0.223 e. The quantitative estimate of drug-likeness (QED) is 0.582. The fourth-order valence-electron chi connectivity index (χ4n) is 4.22. The Morgan fingerprint density at radius 1 is 0.933 bits per heavy atom. The number of rotatable bonds is 5. The van der Waals surface area contributed by atoms with Gasteiger partial charge in [-0.05, 0) is 34.7 Å². The average Bonchev–Trinajstić information content (AvgIpc) is 3.15. The van der Waals surface area contributed by atoms with Crippen molar-refractivity contribution in [1.29, 1.82) is 0 Å². The summed E-state index contributed by atoms with van der Waals surface area (Å²) in [6.07, 6.45) is 0. The SMILES string of the molecule is CC12C(CS(=O)(=O)c3ccccc3)=Nn3nnnc3C1C2S(=O)(=O)c1ccccc1. The first-order valence-electron chi connectivity index (χ1n) is 9.19. The van der Waals surface area contributed by atoms with Crippen molar-refractivity contribution in [2.24, 2.45) is 10.5 Å². The van der Waals surface area contributed by atoms with Crippen molar-refractivity contribution in [3.8, 4) is 0 Å². The van der Waals surface area contributed by atoms with Gasteiger partial charge in [-0.15, -0.1) is 9.89 Å². The van der Waals surface area contributed by atoms with Gasteiger partial charge in [0.1, 0.15) is 0 Å².